The molecule has 1 heterocycles. The Hall–Kier alpha value is -1.28. The summed E-state index contributed by atoms with van der Waals surface area (Å²) >= 11 is 4.81. The standard InChI is InChI=1S/C9H14N4O2S2/c1-13(5-6-17(2,14)15)9-11-4-3-7(12-9)8(10)16/h3-4H,5-6H2,1-2H3,(H2,10,16). The van der Waals surface area contributed by atoms with Gasteiger partial charge in [-0.15, -0.1) is 0 Å². The summed E-state index contributed by atoms with van der Waals surface area (Å²) in [6.45, 7) is 0.319. The van der Waals surface area contributed by atoms with E-state index in [0.29, 0.717) is 18.2 Å². The quantitative estimate of drug-likeness (QED) is 0.730. The molecule has 0 saturated carbocycles. The highest BCUT2D eigenvalue weighted by Crippen LogP contribution is 2.05. The summed E-state index contributed by atoms with van der Waals surface area (Å²) in [6.07, 6.45) is 2.72. The van der Waals surface area contributed by atoms with Gasteiger partial charge < -0.3 is 10.6 Å². The maximum absolute atomic E-state index is 11.0. The van der Waals surface area contributed by atoms with E-state index in [0.717, 1.165) is 0 Å². The van der Waals surface area contributed by atoms with Crippen LogP contribution in [0, 0.1) is 0 Å². The van der Waals surface area contributed by atoms with Crippen molar-refractivity contribution in [2.24, 2.45) is 5.73 Å². The van der Waals surface area contributed by atoms with Gasteiger partial charge >= 0.3 is 0 Å². The first kappa shape index (κ1) is 13.8. The van der Waals surface area contributed by atoms with Crippen molar-refractivity contribution >= 4 is 33.0 Å². The first-order valence-corrected chi connectivity index (χ1v) is 7.28. The summed E-state index contributed by atoms with van der Waals surface area (Å²) in [7, 11) is -1.29. The van der Waals surface area contributed by atoms with Crippen molar-refractivity contribution in [3.63, 3.8) is 0 Å². The molecule has 0 atom stereocenters. The van der Waals surface area contributed by atoms with E-state index in [1.807, 2.05) is 0 Å². The molecule has 0 aliphatic heterocycles. The van der Waals surface area contributed by atoms with E-state index in [9.17, 15) is 8.42 Å². The van der Waals surface area contributed by atoms with E-state index in [-0.39, 0.29) is 10.7 Å². The monoisotopic (exact) mass is 274 g/mol. The molecule has 0 aliphatic carbocycles. The van der Waals surface area contributed by atoms with Crippen LogP contribution in [0.5, 0.6) is 0 Å². The summed E-state index contributed by atoms with van der Waals surface area (Å²) in [4.78, 5) is 9.98. The second-order valence-electron chi connectivity index (χ2n) is 3.66. The molecule has 0 bridgehead atoms. The van der Waals surface area contributed by atoms with Crippen LogP contribution in [0.25, 0.3) is 0 Å². The van der Waals surface area contributed by atoms with Crippen LogP contribution in [0.1, 0.15) is 5.69 Å². The molecule has 0 unspecified atom stereocenters. The molecule has 0 aromatic carbocycles. The number of nitrogens with zero attached hydrogens (tertiary/aromatic N) is 3. The highest BCUT2D eigenvalue weighted by atomic mass is 32.2. The van der Waals surface area contributed by atoms with Crippen molar-refractivity contribution in [3.05, 3.63) is 18.0 Å². The smallest absolute Gasteiger partial charge is 0.225 e. The average molecular weight is 274 g/mol. The minimum atomic E-state index is -3.00. The molecular weight excluding hydrogens is 260 g/mol. The third kappa shape index (κ3) is 4.61. The predicted octanol–water partition coefficient (Wildman–Crippen LogP) is -0.408. The van der Waals surface area contributed by atoms with Crippen molar-refractivity contribution in [1.82, 2.24) is 9.97 Å². The lowest BCUT2D eigenvalue weighted by Crippen LogP contribution is -2.27. The lowest BCUT2D eigenvalue weighted by molar-refractivity contribution is 0.601. The van der Waals surface area contributed by atoms with E-state index in [1.54, 1.807) is 18.0 Å². The number of sulfone groups is 1. The summed E-state index contributed by atoms with van der Waals surface area (Å²) in [6, 6.07) is 1.61. The summed E-state index contributed by atoms with van der Waals surface area (Å²) in [5, 5.41) is 0. The third-order valence-electron chi connectivity index (χ3n) is 2.03. The largest absolute Gasteiger partial charge is 0.388 e. The van der Waals surface area contributed by atoms with E-state index < -0.39 is 9.84 Å². The number of thiocarbonyl (C=S) groups is 1. The SMILES string of the molecule is CN(CCS(C)(=O)=O)c1nccc(C(N)=S)n1. The van der Waals surface area contributed by atoms with Crippen LogP contribution < -0.4 is 10.6 Å². The van der Waals surface area contributed by atoms with Gasteiger partial charge in [0.05, 0.1) is 5.75 Å². The molecule has 1 aromatic heterocycles. The molecule has 6 nitrogen and oxygen atoms in total. The Balaban J connectivity index is 2.79. The molecule has 94 valence electrons. The fourth-order valence-corrected chi connectivity index (χ4v) is 1.79. The third-order valence-corrected chi connectivity index (χ3v) is 3.17. The first-order valence-electron chi connectivity index (χ1n) is 4.81. The van der Waals surface area contributed by atoms with Crippen molar-refractivity contribution in [2.75, 3.05) is 30.5 Å². The molecule has 0 amide bonds. The van der Waals surface area contributed by atoms with Crippen molar-refractivity contribution in [1.29, 1.82) is 0 Å². The number of rotatable bonds is 5. The number of nitrogens with two attached hydrogens (primary N) is 1. The van der Waals surface area contributed by atoms with Gasteiger partial charge in [0.2, 0.25) is 5.95 Å². The number of anilines is 1. The molecule has 1 aromatic rings. The lowest BCUT2D eigenvalue weighted by Gasteiger charge is -2.16. The second kappa shape index (κ2) is 5.37. The fourth-order valence-electron chi connectivity index (χ4n) is 1.07. The Bertz CT molecular complexity index is 515. The molecule has 0 saturated heterocycles. The van der Waals surface area contributed by atoms with Crippen molar-refractivity contribution in [3.8, 4) is 0 Å². The predicted molar refractivity (Wildman–Crippen MR) is 70.9 cm³/mol. The number of aromatic nitrogens is 2. The molecule has 0 spiro atoms. The highest BCUT2D eigenvalue weighted by molar-refractivity contribution is 7.90. The second-order valence-corrected chi connectivity index (χ2v) is 6.36. The molecule has 1 rings (SSSR count). The molecule has 0 radical (unpaired) electrons. The summed E-state index contributed by atoms with van der Waals surface area (Å²) in [5.74, 6) is 0.448. The van der Waals surface area contributed by atoms with Gasteiger partial charge in [-0.2, -0.15) is 0 Å². The number of hydrogen-bond donors (Lipinski definition) is 1. The molecule has 0 aliphatic rings. The van der Waals surface area contributed by atoms with Crippen LogP contribution >= 0.6 is 12.2 Å². The fraction of sp³-hybridized carbons (Fsp3) is 0.444. The molecule has 17 heavy (non-hydrogen) atoms. The maximum atomic E-state index is 11.0. The van der Waals surface area contributed by atoms with E-state index in [2.05, 4.69) is 9.97 Å². The van der Waals surface area contributed by atoms with Gasteiger partial charge in [0.25, 0.3) is 0 Å². The molecule has 8 heteroatoms. The summed E-state index contributed by atoms with van der Waals surface area (Å²) < 4.78 is 22.1. The highest BCUT2D eigenvalue weighted by Gasteiger charge is 2.09. The zero-order valence-electron chi connectivity index (χ0n) is 9.62. The van der Waals surface area contributed by atoms with Gasteiger partial charge in [-0.1, -0.05) is 12.2 Å². The van der Waals surface area contributed by atoms with Crippen LogP contribution in [0.2, 0.25) is 0 Å². The Morgan fingerprint density at radius 3 is 2.76 bits per heavy atom. The molecular formula is C9H14N4O2S2. The van der Waals surface area contributed by atoms with Crippen LogP contribution in [-0.4, -0.2) is 49.0 Å². The Morgan fingerprint density at radius 2 is 2.24 bits per heavy atom. The van der Waals surface area contributed by atoms with Crippen LogP contribution in [0.3, 0.4) is 0 Å². The zero-order valence-corrected chi connectivity index (χ0v) is 11.3. The van der Waals surface area contributed by atoms with Crippen LogP contribution in [-0.2, 0) is 9.84 Å². The Morgan fingerprint density at radius 1 is 1.59 bits per heavy atom. The molecule has 2 N–H and O–H groups in total. The molecule has 0 fully saturated rings. The average Bonchev–Trinajstić information content (AvgIpc) is 2.25. The van der Waals surface area contributed by atoms with Gasteiger partial charge in [-0.05, 0) is 6.07 Å². The van der Waals surface area contributed by atoms with Crippen LogP contribution in [0.4, 0.5) is 5.95 Å². The Labute approximate surface area is 106 Å². The normalized spacial score (nSPS) is 11.2. The van der Waals surface area contributed by atoms with Gasteiger partial charge in [-0.3, -0.25) is 0 Å². The number of hydrogen-bond acceptors (Lipinski definition) is 6. The van der Waals surface area contributed by atoms with Crippen LogP contribution in [0.15, 0.2) is 12.3 Å². The van der Waals surface area contributed by atoms with Gasteiger partial charge in [0, 0.05) is 26.0 Å². The minimum Gasteiger partial charge on any atom is -0.388 e. The maximum Gasteiger partial charge on any atom is 0.225 e. The Kier molecular flexibility index (Phi) is 4.35. The van der Waals surface area contributed by atoms with Gasteiger partial charge in [0.15, 0.2) is 0 Å². The van der Waals surface area contributed by atoms with Crippen molar-refractivity contribution in [2.45, 2.75) is 0 Å². The first-order chi connectivity index (χ1) is 7.79. The zero-order chi connectivity index (χ0) is 13.1. The lowest BCUT2D eigenvalue weighted by atomic mass is 10.4. The topological polar surface area (TPSA) is 89.2 Å². The van der Waals surface area contributed by atoms with E-state index in [4.69, 9.17) is 18.0 Å². The van der Waals surface area contributed by atoms with Gasteiger partial charge in [-0.25, -0.2) is 18.4 Å². The summed E-state index contributed by atoms with van der Waals surface area (Å²) in [5.41, 5.74) is 5.92. The van der Waals surface area contributed by atoms with E-state index in [1.165, 1.54) is 12.5 Å². The van der Waals surface area contributed by atoms with E-state index >= 15 is 0 Å². The van der Waals surface area contributed by atoms with Gasteiger partial charge in [0.1, 0.15) is 20.5 Å². The minimum absolute atomic E-state index is 0.0458. The van der Waals surface area contributed by atoms with Crippen molar-refractivity contribution < 1.29 is 8.42 Å².